The molecule has 0 heterocycles. The maximum absolute atomic E-state index is 9.63. The summed E-state index contributed by atoms with van der Waals surface area (Å²) >= 11 is 2.03. The number of hydrogen-bond donors (Lipinski definition) is 0. The Labute approximate surface area is 61.2 Å². The minimum absolute atomic E-state index is 0.249. The monoisotopic (exact) mass is 229 g/mol. The molecule has 0 spiro atoms. The molecule has 0 aliphatic heterocycles. The summed E-state index contributed by atoms with van der Waals surface area (Å²) in [4.78, 5) is 9.63. The van der Waals surface area contributed by atoms with E-state index < -0.39 is 6.16 Å². The number of alkyl halides is 1. The summed E-state index contributed by atoms with van der Waals surface area (Å²) in [5.41, 5.74) is 0. The molecule has 1 unspecified atom stereocenters. The third kappa shape index (κ3) is 4.17. The predicted octanol–water partition coefficient (Wildman–Crippen LogP) is 1.38. The molecule has 0 saturated carbocycles. The highest BCUT2D eigenvalue weighted by Gasteiger charge is 2.05. The summed E-state index contributed by atoms with van der Waals surface area (Å²) in [5.74, 6) is 0. The van der Waals surface area contributed by atoms with Crippen molar-refractivity contribution in [2.45, 2.75) is 13.0 Å². The molecule has 4 heteroatoms. The lowest BCUT2D eigenvalue weighted by Crippen LogP contribution is -2.12. The topological polar surface area (TPSA) is 46.2 Å². The third-order valence-electron chi connectivity index (χ3n) is 0.515. The molecule has 0 N–H and O–H groups in total. The average molecular weight is 229 g/mol. The van der Waals surface area contributed by atoms with Crippen LogP contribution in [0.1, 0.15) is 6.92 Å². The molecule has 0 amide bonds. The second-order valence-electron chi connectivity index (χ2n) is 1.33. The summed E-state index contributed by atoms with van der Waals surface area (Å²) in [6.07, 6.45) is -1.70. The van der Waals surface area contributed by atoms with Gasteiger partial charge in [-0.1, -0.05) is 22.6 Å². The van der Waals surface area contributed by atoms with Gasteiger partial charge in [-0.15, -0.1) is 0 Å². The van der Waals surface area contributed by atoms with E-state index in [4.69, 9.17) is 0 Å². The predicted molar refractivity (Wildman–Crippen MR) is 35.5 cm³/mol. The molecule has 0 aromatic rings. The maximum Gasteiger partial charge on any atom is 0.550 e. The van der Waals surface area contributed by atoms with Crippen molar-refractivity contribution < 1.29 is 14.6 Å². The van der Waals surface area contributed by atoms with Crippen LogP contribution < -0.4 is 0 Å². The molecule has 0 fully saturated rings. The van der Waals surface area contributed by atoms with Crippen LogP contribution in [-0.2, 0) is 9.84 Å². The van der Waals surface area contributed by atoms with Crippen molar-refractivity contribution in [3.63, 3.8) is 0 Å². The van der Waals surface area contributed by atoms with Crippen molar-refractivity contribution in [2.75, 3.05) is 4.43 Å². The van der Waals surface area contributed by atoms with Crippen molar-refractivity contribution >= 4 is 28.7 Å². The van der Waals surface area contributed by atoms with E-state index in [9.17, 15) is 9.90 Å². The second kappa shape index (κ2) is 3.94. The van der Waals surface area contributed by atoms with Gasteiger partial charge in [-0.25, -0.2) is 0 Å². The molecule has 0 aliphatic rings. The lowest BCUT2D eigenvalue weighted by molar-refractivity contribution is 0.0470. The number of carbonyl (C=O) groups is 1. The number of halogens is 1. The zero-order valence-corrected chi connectivity index (χ0v) is 6.54. The van der Waals surface area contributed by atoms with Crippen LogP contribution in [0.3, 0.4) is 0 Å². The van der Waals surface area contributed by atoms with Crippen LogP contribution in [0, 0.1) is 0 Å². The summed E-state index contributed by atoms with van der Waals surface area (Å²) in [7, 11) is 0. The number of carbonyl (C=O) groups excluding carboxylic acids is 1. The first kappa shape index (κ1) is 8.00. The highest BCUT2D eigenvalue weighted by molar-refractivity contribution is 14.1. The van der Waals surface area contributed by atoms with Gasteiger partial charge in [0, 0.05) is 4.43 Å². The quantitative estimate of drug-likeness (QED) is 0.408. The number of rotatable bonds is 2. The molecule has 0 aromatic carbocycles. The van der Waals surface area contributed by atoms with Crippen LogP contribution in [0.15, 0.2) is 0 Å². The third-order valence-corrected chi connectivity index (χ3v) is 1.76. The first-order valence-electron chi connectivity index (χ1n) is 2.10. The lowest BCUT2D eigenvalue weighted by Gasteiger charge is -2.02. The van der Waals surface area contributed by atoms with Crippen LogP contribution in [0.25, 0.3) is 0 Å². The van der Waals surface area contributed by atoms with Crippen molar-refractivity contribution in [3.05, 3.63) is 0 Å². The molecule has 0 rings (SSSR count). The Morgan fingerprint density at radius 1 is 1.88 bits per heavy atom. The number of hydrogen-bond acceptors (Lipinski definition) is 2. The molecule has 0 aromatic heterocycles. The molecule has 3 nitrogen and oxygen atoms in total. The standard InChI is InChI=1S/C4H6IO3/c1-3(2-5)8-4(6)7/h3H,2H2,1H3. The number of ether oxygens (including phenoxy) is 1. The van der Waals surface area contributed by atoms with E-state index in [0.29, 0.717) is 4.43 Å². The molecular formula is C4H6IO3. The lowest BCUT2D eigenvalue weighted by atomic mass is 10.5. The van der Waals surface area contributed by atoms with E-state index in [1.54, 1.807) is 6.92 Å². The normalized spacial score (nSPS) is 12.8. The van der Waals surface area contributed by atoms with Gasteiger partial charge in [-0.05, 0) is 6.92 Å². The Kier molecular flexibility index (Phi) is 3.94. The zero-order valence-electron chi connectivity index (χ0n) is 4.39. The Hall–Kier alpha value is 0. The first-order valence-corrected chi connectivity index (χ1v) is 3.63. The van der Waals surface area contributed by atoms with E-state index in [-0.39, 0.29) is 6.10 Å². The molecular weight excluding hydrogens is 223 g/mol. The van der Waals surface area contributed by atoms with Gasteiger partial charge in [0.2, 0.25) is 0 Å². The van der Waals surface area contributed by atoms with Crippen molar-refractivity contribution in [1.29, 1.82) is 0 Å². The highest BCUT2D eigenvalue weighted by Crippen LogP contribution is 1.95. The largest absolute Gasteiger partial charge is 0.550 e. The summed E-state index contributed by atoms with van der Waals surface area (Å²) < 4.78 is 4.86. The molecule has 1 radical (unpaired) electrons. The van der Waals surface area contributed by atoms with E-state index in [1.807, 2.05) is 22.6 Å². The summed E-state index contributed by atoms with van der Waals surface area (Å²) in [6.45, 7) is 1.67. The van der Waals surface area contributed by atoms with Crippen LogP contribution in [0.2, 0.25) is 0 Å². The van der Waals surface area contributed by atoms with Crippen LogP contribution in [0.5, 0.6) is 0 Å². The summed E-state index contributed by atoms with van der Waals surface area (Å²) in [5, 5.41) is 9.63. The van der Waals surface area contributed by atoms with Gasteiger partial charge in [0.05, 0.1) is 0 Å². The van der Waals surface area contributed by atoms with Crippen molar-refractivity contribution in [1.82, 2.24) is 0 Å². The Morgan fingerprint density at radius 2 is 2.38 bits per heavy atom. The first-order chi connectivity index (χ1) is 3.66. The fourth-order valence-corrected chi connectivity index (χ4v) is 0.376. The van der Waals surface area contributed by atoms with Gasteiger partial charge < -0.3 is 4.74 Å². The van der Waals surface area contributed by atoms with Crippen LogP contribution >= 0.6 is 22.6 Å². The molecule has 8 heavy (non-hydrogen) atoms. The van der Waals surface area contributed by atoms with Crippen LogP contribution in [0.4, 0.5) is 4.79 Å². The molecule has 0 bridgehead atoms. The fraction of sp³-hybridized carbons (Fsp3) is 0.750. The fourth-order valence-electron chi connectivity index (χ4n) is 0.196. The van der Waals surface area contributed by atoms with E-state index in [0.717, 1.165) is 0 Å². The SMILES string of the molecule is CC(CI)OC([O])=O. The second-order valence-corrected chi connectivity index (χ2v) is 2.21. The van der Waals surface area contributed by atoms with Crippen LogP contribution in [-0.4, -0.2) is 16.7 Å². The van der Waals surface area contributed by atoms with Gasteiger partial charge in [-0.3, -0.25) is 0 Å². The average Bonchev–Trinajstić information content (AvgIpc) is 1.65. The van der Waals surface area contributed by atoms with Gasteiger partial charge in [0.25, 0.3) is 0 Å². The highest BCUT2D eigenvalue weighted by atomic mass is 127. The van der Waals surface area contributed by atoms with E-state index >= 15 is 0 Å². The molecule has 1 atom stereocenters. The zero-order chi connectivity index (χ0) is 6.57. The molecule has 47 valence electrons. The van der Waals surface area contributed by atoms with E-state index in [2.05, 4.69) is 4.74 Å². The van der Waals surface area contributed by atoms with Gasteiger partial charge >= 0.3 is 6.16 Å². The minimum atomic E-state index is -1.45. The van der Waals surface area contributed by atoms with Crippen molar-refractivity contribution in [2.24, 2.45) is 0 Å². The van der Waals surface area contributed by atoms with E-state index in [1.165, 1.54) is 0 Å². The maximum atomic E-state index is 9.63. The van der Waals surface area contributed by atoms with Crippen molar-refractivity contribution in [3.8, 4) is 0 Å². The molecule has 0 saturated heterocycles. The Bertz CT molecular complexity index is 83.4. The van der Waals surface area contributed by atoms with Gasteiger partial charge in [-0.2, -0.15) is 9.90 Å². The Morgan fingerprint density at radius 3 is 2.50 bits per heavy atom. The smallest absolute Gasteiger partial charge is 0.428 e. The minimum Gasteiger partial charge on any atom is -0.428 e. The Balaban J connectivity index is 3.24. The van der Waals surface area contributed by atoms with Gasteiger partial charge in [0.15, 0.2) is 0 Å². The summed E-state index contributed by atoms with van der Waals surface area (Å²) in [6, 6.07) is 0. The van der Waals surface area contributed by atoms with Gasteiger partial charge in [0.1, 0.15) is 6.10 Å². The molecule has 0 aliphatic carbocycles.